The summed E-state index contributed by atoms with van der Waals surface area (Å²) in [6.07, 6.45) is 0. The molecule has 148 valence electrons. The summed E-state index contributed by atoms with van der Waals surface area (Å²) in [6.45, 7) is 6.35. The Bertz CT molecular complexity index is 1120. The minimum Gasteiger partial charge on any atom is -0.300 e. The van der Waals surface area contributed by atoms with Crippen molar-refractivity contribution in [3.63, 3.8) is 0 Å². The Labute approximate surface area is 180 Å². The zero-order valence-electron chi connectivity index (χ0n) is 17.7. The molecule has 1 nitrogen and oxygen atoms in total. The molecule has 0 spiro atoms. The fourth-order valence-electron chi connectivity index (χ4n) is 4.17. The van der Waals surface area contributed by atoms with Gasteiger partial charge < -0.3 is 0 Å². The molecule has 0 bridgehead atoms. The molecule has 0 saturated carbocycles. The minimum absolute atomic E-state index is 0.611. The number of aryl methyl sites for hydroxylation is 3. The highest BCUT2D eigenvalue weighted by Gasteiger charge is 2.22. The second kappa shape index (κ2) is 8.78. The largest absolute Gasteiger partial charge is 0.300 e. The van der Waals surface area contributed by atoms with Crippen LogP contribution in [0.2, 0.25) is 0 Å². The zero-order valence-corrected chi connectivity index (χ0v) is 18.6. The van der Waals surface area contributed by atoms with Crippen molar-refractivity contribution < 1.29 is 0 Å². The van der Waals surface area contributed by atoms with Crippen molar-refractivity contribution in [1.29, 1.82) is 5.41 Å². The van der Waals surface area contributed by atoms with Crippen molar-refractivity contribution in [3.8, 4) is 0 Å². The first-order valence-electron chi connectivity index (χ1n) is 10.2. The van der Waals surface area contributed by atoms with Gasteiger partial charge in [0, 0.05) is 11.1 Å². The van der Waals surface area contributed by atoms with Crippen molar-refractivity contribution in [2.45, 2.75) is 20.8 Å². The van der Waals surface area contributed by atoms with E-state index in [1.54, 1.807) is 0 Å². The van der Waals surface area contributed by atoms with Gasteiger partial charge in [0.2, 0.25) is 0 Å². The molecule has 0 aliphatic rings. The van der Waals surface area contributed by atoms with Crippen LogP contribution in [0.3, 0.4) is 0 Å². The van der Waals surface area contributed by atoms with E-state index >= 15 is 0 Å². The lowest BCUT2D eigenvalue weighted by atomic mass is 9.92. The predicted molar refractivity (Wildman–Crippen MR) is 132 cm³/mol. The Kier molecular flexibility index (Phi) is 5.93. The molecule has 30 heavy (non-hydrogen) atoms. The van der Waals surface area contributed by atoms with Crippen LogP contribution in [0.5, 0.6) is 0 Å². The maximum absolute atomic E-state index is 9.19. The summed E-state index contributed by atoms with van der Waals surface area (Å²) in [5.41, 5.74) is 6.24. The Morgan fingerprint density at radius 3 is 1.63 bits per heavy atom. The second-order valence-electron chi connectivity index (χ2n) is 7.67. The summed E-state index contributed by atoms with van der Waals surface area (Å²) in [7, 11) is -0.756. The third kappa shape index (κ3) is 3.99. The maximum atomic E-state index is 9.19. The summed E-state index contributed by atoms with van der Waals surface area (Å²) in [5, 5.41) is 13.0. The third-order valence-electron chi connectivity index (χ3n) is 5.37. The van der Waals surface area contributed by atoms with Crippen molar-refractivity contribution in [3.05, 3.63) is 125 Å². The molecule has 0 aliphatic carbocycles. The number of hydrogen-bond donors (Lipinski definition) is 1. The molecular formula is C28H26NP. The van der Waals surface area contributed by atoms with Gasteiger partial charge in [-0.1, -0.05) is 103 Å². The van der Waals surface area contributed by atoms with E-state index in [2.05, 4.69) is 118 Å². The van der Waals surface area contributed by atoms with Crippen molar-refractivity contribution in [2.75, 3.05) is 0 Å². The van der Waals surface area contributed by atoms with Gasteiger partial charge in [0.1, 0.15) is 0 Å². The van der Waals surface area contributed by atoms with Crippen LogP contribution in [0.1, 0.15) is 27.8 Å². The second-order valence-corrected chi connectivity index (χ2v) is 9.86. The Morgan fingerprint density at radius 2 is 1.10 bits per heavy atom. The molecule has 0 amide bonds. The van der Waals surface area contributed by atoms with Gasteiger partial charge in [-0.15, -0.1) is 0 Å². The quantitative estimate of drug-likeness (QED) is 0.320. The van der Waals surface area contributed by atoms with Gasteiger partial charge in [0.05, 0.1) is 5.71 Å². The van der Waals surface area contributed by atoms with E-state index in [0.29, 0.717) is 5.71 Å². The van der Waals surface area contributed by atoms with Gasteiger partial charge in [-0.05, 0) is 55.7 Å². The monoisotopic (exact) mass is 407 g/mol. The van der Waals surface area contributed by atoms with Crippen molar-refractivity contribution in [2.24, 2.45) is 0 Å². The maximum Gasteiger partial charge on any atom is 0.0696 e. The van der Waals surface area contributed by atoms with E-state index in [9.17, 15) is 5.41 Å². The molecule has 0 aromatic heterocycles. The van der Waals surface area contributed by atoms with E-state index in [4.69, 9.17) is 0 Å². The van der Waals surface area contributed by atoms with Gasteiger partial charge in [-0.3, -0.25) is 5.41 Å². The molecule has 0 fully saturated rings. The SMILES string of the molecule is Cc1cc(C)c(C(=N)c2ccccc2P(c2ccccc2)c2ccccc2)c(C)c1. The van der Waals surface area contributed by atoms with Crippen molar-refractivity contribution in [1.82, 2.24) is 0 Å². The zero-order chi connectivity index (χ0) is 21.1. The van der Waals surface area contributed by atoms with E-state index in [1.807, 2.05) is 0 Å². The lowest BCUT2D eigenvalue weighted by Crippen LogP contribution is -2.26. The lowest BCUT2D eigenvalue weighted by molar-refractivity contribution is 1.28. The topological polar surface area (TPSA) is 23.9 Å². The Hall–Kier alpha value is -3.02. The summed E-state index contributed by atoms with van der Waals surface area (Å²) < 4.78 is 0. The highest BCUT2D eigenvalue weighted by atomic mass is 31.1. The lowest BCUT2D eigenvalue weighted by Gasteiger charge is -2.23. The van der Waals surface area contributed by atoms with Gasteiger partial charge in [0.25, 0.3) is 0 Å². The summed E-state index contributed by atoms with van der Waals surface area (Å²) in [4.78, 5) is 0. The van der Waals surface area contributed by atoms with Crippen LogP contribution in [-0.4, -0.2) is 5.71 Å². The summed E-state index contributed by atoms with van der Waals surface area (Å²) >= 11 is 0. The highest BCUT2D eigenvalue weighted by Crippen LogP contribution is 2.35. The highest BCUT2D eigenvalue weighted by molar-refractivity contribution is 7.80. The van der Waals surface area contributed by atoms with Gasteiger partial charge >= 0.3 is 0 Å². The minimum atomic E-state index is -0.756. The summed E-state index contributed by atoms with van der Waals surface area (Å²) in [6, 6.07) is 34.2. The molecule has 2 heteroatoms. The van der Waals surface area contributed by atoms with E-state index < -0.39 is 7.92 Å². The molecule has 0 unspecified atom stereocenters. The Morgan fingerprint density at radius 1 is 0.633 bits per heavy atom. The first-order valence-corrected chi connectivity index (χ1v) is 11.6. The predicted octanol–water partition coefficient (Wildman–Crippen LogP) is 5.79. The molecule has 1 N–H and O–H groups in total. The number of hydrogen-bond acceptors (Lipinski definition) is 1. The molecule has 0 aliphatic heterocycles. The van der Waals surface area contributed by atoms with Gasteiger partial charge in [0.15, 0.2) is 0 Å². The molecule has 4 aromatic carbocycles. The normalized spacial score (nSPS) is 10.9. The van der Waals surface area contributed by atoms with E-state index in [1.165, 1.54) is 21.5 Å². The van der Waals surface area contributed by atoms with Crippen LogP contribution in [0.4, 0.5) is 0 Å². The Balaban J connectivity index is 1.91. The molecule has 0 saturated heterocycles. The van der Waals surface area contributed by atoms with E-state index in [-0.39, 0.29) is 0 Å². The summed E-state index contributed by atoms with van der Waals surface area (Å²) in [5.74, 6) is 0. The molecule has 4 aromatic rings. The smallest absolute Gasteiger partial charge is 0.0696 e. The molecule has 4 rings (SSSR count). The van der Waals surface area contributed by atoms with Crippen LogP contribution in [-0.2, 0) is 0 Å². The fraction of sp³-hybridized carbons (Fsp3) is 0.107. The third-order valence-corrected chi connectivity index (χ3v) is 7.87. The van der Waals surface area contributed by atoms with Crippen LogP contribution < -0.4 is 15.9 Å². The van der Waals surface area contributed by atoms with Crippen LogP contribution in [0.25, 0.3) is 0 Å². The van der Waals surface area contributed by atoms with E-state index in [0.717, 1.165) is 22.3 Å². The average Bonchev–Trinajstić information content (AvgIpc) is 2.75. The first-order chi connectivity index (χ1) is 14.6. The number of rotatable bonds is 5. The fourth-order valence-corrected chi connectivity index (χ4v) is 6.63. The first kappa shape index (κ1) is 20.3. The molecular weight excluding hydrogens is 381 g/mol. The number of benzene rings is 4. The average molecular weight is 407 g/mol. The van der Waals surface area contributed by atoms with Crippen LogP contribution in [0, 0.1) is 26.2 Å². The standard InChI is InChI=1S/C28H26NP/c1-20-18-21(2)27(22(3)19-20)28(29)25-16-10-11-17-26(25)30(23-12-6-4-7-13-23)24-14-8-5-9-15-24/h4-19,29H,1-3H3. The molecule has 0 heterocycles. The van der Waals surface area contributed by atoms with Gasteiger partial charge in [-0.2, -0.15) is 0 Å². The van der Waals surface area contributed by atoms with Gasteiger partial charge in [-0.25, -0.2) is 0 Å². The van der Waals surface area contributed by atoms with Crippen LogP contribution >= 0.6 is 7.92 Å². The van der Waals surface area contributed by atoms with Crippen LogP contribution in [0.15, 0.2) is 97.1 Å². The van der Waals surface area contributed by atoms with Crippen molar-refractivity contribution >= 4 is 29.5 Å². The number of nitrogens with one attached hydrogen (secondary N) is 1. The molecule has 0 atom stereocenters. The molecule has 0 radical (unpaired) electrons.